The molecule has 0 aliphatic carbocycles. The van der Waals surface area contributed by atoms with Crippen LogP contribution in [0.15, 0.2) is 24.3 Å². The fourth-order valence-electron chi connectivity index (χ4n) is 4.00. The Bertz CT molecular complexity index is 421. The van der Waals surface area contributed by atoms with Gasteiger partial charge in [-0.1, -0.05) is 12.1 Å². The number of benzene rings is 1. The van der Waals surface area contributed by atoms with Crippen molar-refractivity contribution in [2.75, 3.05) is 18.6 Å². The summed E-state index contributed by atoms with van der Waals surface area (Å²) in [5, 5.41) is 0. The van der Waals surface area contributed by atoms with E-state index in [4.69, 9.17) is 10.5 Å². The molecule has 3 nitrogen and oxygen atoms in total. The van der Waals surface area contributed by atoms with Gasteiger partial charge in [-0.15, -0.1) is 0 Å². The third-order valence-corrected chi connectivity index (χ3v) is 4.77. The van der Waals surface area contributed by atoms with Gasteiger partial charge >= 0.3 is 0 Å². The Hall–Kier alpha value is -1.22. The van der Waals surface area contributed by atoms with Crippen LogP contribution in [0, 0.1) is 5.92 Å². The first-order valence-electron chi connectivity index (χ1n) is 7.45. The van der Waals surface area contributed by atoms with E-state index < -0.39 is 0 Å². The zero-order chi connectivity index (χ0) is 13.2. The van der Waals surface area contributed by atoms with Crippen LogP contribution in [0.5, 0.6) is 5.75 Å². The number of piperidine rings is 1. The van der Waals surface area contributed by atoms with Crippen LogP contribution >= 0.6 is 0 Å². The lowest BCUT2D eigenvalue weighted by molar-refractivity contribution is 0.322. The highest BCUT2D eigenvalue weighted by molar-refractivity contribution is 5.61. The molecular weight excluding hydrogens is 236 g/mol. The van der Waals surface area contributed by atoms with E-state index in [1.54, 1.807) is 7.11 Å². The summed E-state index contributed by atoms with van der Waals surface area (Å²) in [6.45, 7) is 0.832. The summed E-state index contributed by atoms with van der Waals surface area (Å²) in [6.07, 6.45) is 6.43. The number of hydrogen-bond acceptors (Lipinski definition) is 3. The van der Waals surface area contributed by atoms with E-state index in [9.17, 15) is 0 Å². The molecule has 3 rings (SSSR count). The lowest BCUT2D eigenvalue weighted by Gasteiger charge is -2.41. The Balaban J connectivity index is 1.83. The number of ether oxygens (including phenoxy) is 1. The maximum Gasteiger partial charge on any atom is 0.142 e. The average Bonchev–Trinajstić information content (AvgIpc) is 2.70. The monoisotopic (exact) mass is 260 g/mol. The first-order valence-corrected chi connectivity index (χ1v) is 7.45. The van der Waals surface area contributed by atoms with E-state index in [-0.39, 0.29) is 0 Å². The van der Waals surface area contributed by atoms with Crippen molar-refractivity contribution in [3.05, 3.63) is 24.3 Å². The van der Waals surface area contributed by atoms with Crippen molar-refractivity contribution >= 4 is 5.69 Å². The topological polar surface area (TPSA) is 38.5 Å². The van der Waals surface area contributed by atoms with Gasteiger partial charge in [0.2, 0.25) is 0 Å². The van der Waals surface area contributed by atoms with Gasteiger partial charge in [0.05, 0.1) is 12.8 Å². The van der Waals surface area contributed by atoms with E-state index in [0.29, 0.717) is 12.1 Å². The Morgan fingerprint density at radius 2 is 1.89 bits per heavy atom. The number of fused-ring (bicyclic) bond motifs is 2. The molecule has 2 atom stereocenters. The van der Waals surface area contributed by atoms with E-state index >= 15 is 0 Å². The SMILES string of the molecule is COc1ccccc1N1C2CCC1CC(CCN)C2. The molecule has 2 aliphatic heterocycles. The van der Waals surface area contributed by atoms with Crippen molar-refractivity contribution in [1.82, 2.24) is 0 Å². The van der Waals surface area contributed by atoms with Gasteiger partial charge in [0.25, 0.3) is 0 Å². The standard InChI is InChI=1S/C16H24N2O/c1-19-16-5-3-2-4-15(16)18-13-6-7-14(18)11-12(10-13)8-9-17/h2-5,12-14H,6-11,17H2,1H3. The Morgan fingerprint density at radius 1 is 1.21 bits per heavy atom. The molecule has 2 saturated heterocycles. The predicted molar refractivity (Wildman–Crippen MR) is 78.7 cm³/mol. The summed E-state index contributed by atoms with van der Waals surface area (Å²) < 4.78 is 5.54. The van der Waals surface area contributed by atoms with Crippen LogP contribution in [0.4, 0.5) is 5.69 Å². The summed E-state index contributed by atoms with van der Waals surface area (Å²) in [5.41, 5.74) is 7.01. The molecule has 2 aliphatic rings. The van der Waals surface area contributed by atoms with Gasteiger partial charge in [-0.05, 0) is 56.7 Å². The zero-order valence-corrected chi connectivity index (χ0v) is 11.7. The Morgan fingerprint density at radius 3 is 2.53 bits per heavy atom. The van der Waals surface area contributed by atoms with Crippen LogP contribution in [-0.4, -0.2) is 25.7 Å². The minimum absolute atomic E-state index is 0.687. The van der Waals surface area contributed by atoms with Gasteiger partial charge in [0.15, 0.2) is 0 Å². The largest absolute Gasteiger partial charge is 0.495 e. The molecule has 2 N–H and O–H groups in total. The van der Waals surface area contributed by atoms with Crippen LogP contribution < -0.4 is 15.4 Å². The van der Waals surface area contributed by atoms with Gasteiger partial charge < -0.3 is 15.4 Å². The second-order valence-electron chi connectivity index (χ2n) is 5.88. The van der Waals surface area contributed by atoms with E-state index in [0.717, 1.165) is 18.2 Å². The van der Waals surface area contributed by atoms with Crippen LogP contribution in [0.1, 0.15) is 32.1 Å². The number of nitrogens with zero attached hydrogens (tertiary/aromatic N) is 1. The van der Waals surface area contributed by atoms with Crippen molar-refractivity contribution in [3.63, 3.8) is 0 Å². The van der Waals surface area contributed by atoms with Crippen LogP contribution in [0.25, 0.3) is 0 Å². The summed E-state index contributed by atoms with van der Waals surface area (Å²) in [5.74, 6) is 1.84. The molecule has 2 fully saturated rings. The minimum Gasteiger partial charge on any atom is -0.495 e. The molecule has 104 valence electrons. The highest BCUT2D eigenvalue weighted by atomic mass is 16.5. The number of methoxy groups -OCH3 is 1. The van der Waals surface area contributed by atoms with E-state index in [1.807, 2.05) is 6.07 Å². The third kappa shape index (κ3) is 2.32. The lowest BCUT2D eigenvalue weighted by Crippen LogP contribution is -2.43. The molecule has 3 heteroatoms. The summed E-state index contributed by atoms with van der Waals surface area (Å²) in [7, 11) is 1.77. The molecule has 0 radical (unpaired) electrons. The minimum atomic E-state index is 0.687. The Labute approximate surface area is 115 Å². The number of rotatable bonds is 4. The molecular formula is C16H24N2O. The summed E-state index contributed by atoms with van der Waals surface area (Å²) in [4.78, 5) is 2.62. The van der Waals surface area contributed by atoms with Crippen LogP contribution in [-0.2, 0) is 0 Å². The number of para-hydroxylation sites is 2. The fraction of sp³-hybridized carbons (Fsp3) is 0.625. The fourth-order valence-corrected chi connectivity index (χ4v) is 4.00. The lowest BCUT2D eigenvalue weighted by atomic mass is 9.88. The maximum absolute atomic E-state index is 5.73. The molecule has 0 aromatic heterocycles. The summed E-state index contributed by atoms with van der Waals surface area (Å²) >= 11 is 0. The average molecular weight is 260 g/mol. The Kier molecular flexibility index (Phi) is 3.65. The van der Waals surface area contributed by atoms with Crippen molar-refractivity contribution in [3.8, 4) is 5.75 Å². The van der Waals surface area contributed by atoms with Gasteiger partial charge in [0, 0.05) is 12.1 Å². The first-order chi connectivity index (χ1) is 9.33. The van der Waals surface area contributed by atoms with Gasteiger partial charge in [-0.2, -0.15) is 0 Å². The molecule has 2 bridgehead atoms. The quantitative estimate of drug-likeness (QED) is 0.904. The van der Waals surface area contributed by atoms with Gasteiger partial charge in [-0.3, -0.25) is 0 Å². The van der Waals surface area contributed by atoms with Crippen molar-refractivity contribution in [2.45, 2.75) is 44.2 Å². The van der Waals surface area contributed by atoms with Gasteiger partial charge in [-0.25, -0.2) is 0 Å². The van der Waals surface area contributed by atoms with Gasteiger partial charge in [0.1, 0.15) is 5.75 Å². The predicted octanol–water partition coefficient (Wildman–Crippen LogP) is 2.79. The smallest absolute Gasteiger partial charge is 0.142 e. The van der Waals surface area contributed by atoms with Crippen LogP contribution in [0.2, 0.25) is 0 Å². The molecule has 1 aromatic rings. The molecule has 19 heavy (non-hydrogen) atoms. The molecule has 2 unspecified atom stereocenters. The van der Waals surface area contributed by atoms with Crippen molar-refractivity contribution in [2.24, 2.45) is 11.7 Å². The molecule has 0 saturated carbocycles. The maximum atomic E-state index is 5.73. The highest BCUT2D eigenvalue weighted by Gasteiger charge is 2.41. The second-order valence-corrected chi connectivity index (χ2v) is 5.88. The molecule has 0 amide bonds. The molecule has 0 spiro atoms. The number of anilines is 1. The van der Waals surface area contributed by atoms with E-state index in [1.165, 1.54) is 37.8 Å². The zero-order valence-electron chi connectivity index (χ0n) is 11.7. The molecule has 1 aromatic carbocycles. The normalized spacial score (nSPS) is 29.6. The third-order valence-electron chi connectivity index (χ3n) is 4.77. The second kappa shape index (κ2) is 5.41. The van der Waals surface area contributed by atoms with Crippen molar-refractivity contribution < 1.29 is 4.74 Å². The van der Waals surface area contributed by atoms with E-state index in [2.05, 4.69) is 23.1 Å². The summed E-state index contributed by atoms with van der Waals surface area (Å²) in [6, 6.07) is 9.81. The highest BCUT2D eigenvalue weighted by Crippen LogP contribution is 2.45. The number of hydrogen-bond donors (Lipinski definition) is 1. The van der Waals surface area contributed by atoms with Crippen LogP contribution in [0.3, 0.4) is 0 Å². The first kappa shape index (κ1) is 12.8. The molecule has 2 heterocycles. The van der Waals surface area contributed by atoms with Crippen molar-refractivity contribution in [1.29, 1.82) is 0 Å². The number of nitrogens with two attached hydrogens (primary N) is 1.